The minimum Gasteiger partial charge on any atom is -0.383 e. The van der Waals surface area contributed by atoms with Crippen LogP contribution >= 0.6 is 0 Å². The summed E-state index contributed by atoms with van der Waals surface area (Å²) < 4.78 is 10.9. The highest BCUT2D eigenvalue weighted by Crippen LogP contribution is 2.46. The maximum Gasteiger partial charge on any atom is 0.196 e. The van der Waals surface area contributed by atoms with Crippen LogP contribution in [0.1, 0.15) is 28.8 Å². The molecule has 1 aliphatic carbocycles. The number of nitrogens with one attached hydrogen (secondary N) is 1. The van der Waals surface area contributed by atoms with Crippen LogP contribution in [0.3, 0.4) is 0 Å². The highest BCUT2D eigenvalue weighted by atomic mass is 16.5. The highest BCUT2D eigenvalue weighted by molar-refractivity contribution is 6.28. The molecule has 0 radical (unpaired) electrons. The molecular formula is C21H21N3O3. The Morgan fingerprint density at radius 3 is 2.78 bits per heavy atom. The summed E-state index contributed by atoms with van der Waals surface area (Å²) >= 11 is 0. The molecule has 0 bridgehead atoms. The predicted octanol–water partition coefficient (Wildman–Crippen LogP) is 3.70. The van der Waals surface area contributed by atoms with E-state index in [9.17, 15) is 4.79 Å². The van der Waals surface area contributed by atoms with Crippen LogP contribution in [0.15, 0.2) is 34.9 Å². The van der Waals surface area contributed by atoms with Crippen LogP contribution in [-0.2, 0) is 4.74 Å². The van der Waals surface area contributed by atoms with Crippen LogP contribution in [0.4, 0.5) is 11.4 Å². The van der Waals surface area contributed by atoms with Gasteiger partial charge >= 0.3 is 0 Å². The van der Waals surface area contributed by atoms with Gasteiger partial charge in [-0.1, -0.05) is 29.4 Å². The summed E-state index contributed by atoms with van der Waals surface area (Å²) in [6.07, 6.45) is 2.34. The minimum absolute atomic E-state index is 0.0131. The Kier molecular flexibility index (Phi) is 3.86. The van der Waals surface area contributed by atoms with Gasteiger partial charge in [-0.3, -0.25) is 4.79 Å². The molecule has 3 aromatic rings. The molecule has 1 aromatic heterocycles. The van der Waals surface area contributed by atoms with E-state index in [4.69, 9.17) is 9.26 Å². The molecule has 0 spiro atoms. The van der Waals surface area contributed by atoms with Crippen molar-refractivity contribution in [2.75, 3.05) is 43.6 Å². The fourth-order valence-electron chi connectivity index (χ4n) is 4.17. The van der Waals surface area contributed by atoms with Crippen molar-refractivity contribution in [2.45, 2.75) is 12.8 Å². The van der Waals surface area contributed by atoms with Crippen LogP contribution < -0.4 is 10.2 Å². The first-order chi connectivity index (χ1) is 13.3. The third-order valence-corrected chi connectivity index (χ3v) is 5.45. The Labute approximate surface area is 157 Å². The Morgan fingerprint density at radius 1 is 1.22 bits per heavy atom. The number of aromatic nitrogens is 1. The van der Waals surface area contributed by atoms with Gasteiger partial charge < -0.3 is 19.5 Å². The molecule has 2 heterocycles. The first-order valence-electron chi connectivity index (χ1n) is 9.38. The number of hydrogen-bond donors (Lipinski definition) is 1. The Balaban J connectivity index is 1.77. The number of hydrogen-bond acceptors (Lipinski definition) is 6. The number of fused-ring (bicyclic) bond motifs is 2. The SMILES string of the molecule is COCCNc1cc(N2CCCC2)c2noc3c2c1C(=O)c1ccccc1-3. The molecule has 0 atom stereocenters. The van der Waals surface area contributed by atoms with E-state index in [0.717, 1.165) is 40.9 Å². The van der Waals surface area contributed by atoms with Gasteiger partial charge in [0.1, 0.15) is 5.52 Å². The van der Waals surface area contributed by atoms with Gasteiger partial charge in [0, 0.05) is 43.6 Å². The van der Waals surface area contributed by atoms with Crippen LogP contribution in [0, 0.1) is 0 Å². The molecule has 6 heteroatoms. The maximum atomic E-state index is 13.3. The molecule has 0 saturated carbocycles. The number of benzene rings is 2. The molecule has 5 rings (SSSR count). The van der Waals surface area contributed by atoms with E-state index in [1.807, 2.05) is 24.3 Å². The molecular weight excluding hydrogens is 342 g/mol. The zero-order valence-corrected chi connectivity index (χ0v) is 15.2. The molecule has 0 amide bonds. The first kappa shape index (κ1) is 16.3. The molecule has 1 saturated heterocycles. The second-order valence-electron chi connectivity index (χ2n) is 7.04. The van der Waals surface area contributed by atoms with Gasteiger partial charge in [0.05, 0.1) is 23.2 Å². The second-order valence-corrected chi connectivity index (χ2v) is 7.04. The van der Waals surface area contributed by atoms with Crippen molar-refractivity contribution in [2.24, 2.45) is 0 Å². The zero-order valence-electron chi connectivity index (χ0n) is 15.2. The third-order valence-electron chi connectivity index (χ3n) is 5.45. The van der Waals surface area contributed by atoms with Gasteiger partial charge in [0.25, 0.3) is 0 Å². The minimum atomic E-state index is 0.0131. The fourth-order valence-corrected chi connectivity index (χ4v) is 4.17. The molecule has 2 aromatic carbocycles. The summed E-state index contributed by atoms with van der Waals surface area (Å²) in [6.45, 7) is 3.19. The second kappa shape index (κ2) is 6.39. The Bertz CT molecular complexity index is 1030. The van der Waals surface area contributed by atoms with Gasteiger partial charge in [-0.25, -0.2) is 0 Å². The summed E-state index contributed by atoms with van der Waals surface area (Å²) in [7, 11) is 1.67. The van der Waals surface area contributed by atoms with Gasteiger partial charge in [0.15, 0.2) is 11.5 Å². The molecule has 27 heavy (non-hydrogen) atoms. The normalized spacial score (nSPS) is 15.4. The molecule has 138 valence electrons. The van der Waals surface area contributed by atoms with Crippen molar-refractivity contribution in [3.63, 3.8) is 0 Å². The predicted molar refractivity (Wildman–Crippen MR) is 105 cm³/mol. The Hall–Kier alpha value is -2.86. The van der Waals surface area contributed by atoms with Crippen LogP contribution in [0.2, 0.25) is 0 Å². The van der Waals surface area contributed by atoms with Gasteiger partial charge in [-0.2, -0.15) is 0 Å². The lowest BCUT2D eigenvalue weighted by molar-refractivity contribution is 0.104. The number of nitrogens with zero attached hydrogens (tertiary/aromatic N) is 2. The van der Waals surface area contributed by atoms with E-state index >= 15 is 0 Å². The van der Waals surface area contributed by atoms with E-state index in [1.54, 1.807) is 7.11 Å². The van der Waals surface area contributed by atoms with Gasteiger partial charge in [-0.15, -0.1) is 0 Å². The van der Waals surface area contributed by atoms with Crippen molar-refractivity contribution in [1.29, 1.82) is 0 Å². The van der Waals surface area contributed by atoms with Crippen LogP contribution in [0.5, 0.6) is 0 Å². The first-order valence-corrected chi connectivity index (χ1v) is 9.38. The van der Waals surface area contributed by atoms with Crippen LogP contribution in [0.25, 0.3) is 22.2 Å². The van der Waals surface area contributed by atoms with Crippen molar-refractivity contribution in [3.8, 4) is 11.3 Å². The van der Waals surface area contributed by atoms with Crippen molar-refractivity contribution in [1.82, 2.24) is 5.16 Å². The number of methoxy groups -OCH3 is 1. The largest absolute Gasteiger partial charge is 0.383 e. The molecule has 0 unspecified atom stereocenters. The molecule has 1 fully saturated rings. The van der Waals surface area contributed by atoms with Gasteiger partial charge in [0.2, 0.25) is 0 Å². The lowest BCUT2D eigenvalue weighted by Crippen LogP contribution is -2.20. The van der Waals surface area contributed by atoms with Gasteiger partial charge in [-0.05, 0) is 18.9 Å². The smallest absolute Gasteiger partial charge is 0.196 e. The summed E-state index contributed by atoms with van der Waals surface area (Å²) in [4.78, 5) is 15.7. The lowest BCUT2D eigenvalue weighted by Gasteiger charge is -2.23. The van der Waals surface area contributed by atoms with E-state index in [2.05, 4.69) is 21.4 Å². The number of rotatable bonds is 5. The van der Waals surface area contributed by atoms with E-state index in [1.165, 1.54) is 12.8 Å². The average molecular weight is 363 g/mol. The van der Waals surface area contributed by atoms with E-state index < -0.39 is 0 Å². The molecule has 1 N–H and O–H groups in total. The fraction of sp³-hybridized carbons (Fsp3) is 0.333. The van der Waals surface area contributed by atoms with E-state index in [-0.39, 0.29) is 5.78 Å². The number of ether oxygens (including phenoxy) is 1. The van der Waals surface area contributed by atoms with Crippen molar-refractivity contribution in [3.05, 3.63) is 41.5 Å². The monoisotopic (exact) mass is 363 g/mol. The molecule has 1 aliphatic heterocycles. The zero-order chi connectivity index (χ0) is 18.4. The number of anilines is 2. The third kappa shape index (κ3) is 2.44. The van der Waals surface area contributed by atoms with Crippen LogP contribution in [-0.4, -0.2) is 44.3 Å². The maximum absolute atomic E-state index is 13.3. The summed E-state index contributed by atoms with van der Waals surface area (Å²) in [5.41, 5.74) is 4.77. The Morgan fingerprint density at radius 2 is 2.00 bits per heavy atom. The van der Waals surface area contributed by atoms with Crippen molar-refractivity contribution >= 4 is 28.1 Å². The summed E-state index contributed by atoms with van der Waals surface area (Å²) in [6, 6.07) is 9.63. The topological polar surface area (TPSA) is 67.6 Å². The molecule has 6 nitrogen and oxygen atoms in total. The number of carbonyl (C=O) groups is 1. The van der Waals surface area contributed by atoms with Crippen molar-refractivity contribution < 1.29 is 14.1 Å². The quantitative estimate of drug-likeness (QED) is 0.546. The number of ketones is 1. The van der Waals surface area contributed by atoms with E-state index in [0.29, 0.717) is 30.0 Å². The number of carbonyl (C=O) groups excluding carboxylic acids is 1. The lowest BCUT2D eigenvalue weighted by atomic mass is 9.86. The summed E-state index contributed by atoms with van der Waals surface area (Å²) in [5.74, 6) is 0.699. The molecule has 2 aliphatic rings. The highest BCUT2D eigenvalue weighted by Gasteiger charge is 2.33. The standard InChI is InChI=1S/C21H21N3O3/c1-26-11-8-22-15-12-16(24-9-4-5-10-24)19-18-17(15)20(25)13-6-2-3-7-14(13)21(18)27-23-19/h2-3,6-7,12,22H,4-5,8-11H2,1H3. The average Bonchev–Trinajstić information content (AvgIpc) is 3.37. The summed E-state index contributed by atoms with van der Waals surface area (Å²) in [5, 5.41) is 8.60.